The smallest absolute Gasteiger partial charge is 0.356 e. The van der Waals surface area contributed by atoms with Crippen molar-refractivity contribution < 1.29 is 19.4 Å². The van der Waals surface area contributed by atoms with Crippen LogP contribution >= 0.6 is 0 Å². The normalized spacial score (nSPS) is 23.8. The molecule has 3 atom stereocenters. The molecule has 7 nitrogen and oxygen atoms in total. The molecule has 4 rings (SSSR count). The van der Waals surface area contributed by atoms with Gasteiger partial charge in [-0.15, -0.1) is 0 Å². The molecule has 2 aromatic rings. The predicted molar refractivity (Wildman–Crippen MR) is 102 cm³/mol. The molecule has 7 heteroatoms. The van der Waals surface area contributed by atoms with Crippen LogP contribution in [0, 0.1) is 25.7 Å². The minimum Gasteiger partial charge on any atom is -0.476 e. The zero-order valence-corrected chi connectivity index (χ0v) is 16.2. The predicted octanol–water partition coefficient (Wildman–Crippen LogP) is 3.09. The number of carboxylic acid groups (broad SMARTS) is 1. The summed E-state index contributed by atoms with van der Waals surface area (Å²) < 4.78 is 7.27. The first kappa shape index (κ1) is 18.7. The summed E-state index contributed by atoms with van der Waals surface area (Å²) in [5, 5.41) is 12.8. The van der Waals surface area contributed by atoms with E-state index in [0.717, 1.165) is 17.5 Å². The van der Waals surface area contributed by atoms with E-state index in [0.29, 0.717) is 31.5 Å². The minimum absolute atomic E-state index is 0.118. The summed E-state index contributed by atoms with van der Waals surface area (Å²) in [7, 11) is 0. The topological polar surface area (TPSA) is 84.7 Å². The number of carboxylic acids is 1. The van der Waals surface area contributed by atoms with Crippen LogP contribution < -0.4 is 0 Å². The number of benzene rings is 1. The molecule has 2 fully saturated rings. The number of amides is 1. The molecule has 1 aliphatic carbocycles. The lowest BCUT2D eigenvalue weighted by Gasteiger charge is -2.19. The lowest BCUT2D eigenvalue weighted by Crippen LogP contribution is -2.34. The number of nitrogens with zero attached hydrogens (tertiary/aromatic N) is 3. The first-order valence-electron chi connectivity index (χ1n) is 9.66. The van der Waals surface area contributed by atoms with Crippen LogP contribution in [0.2, 0.25) is 0 Å². The van der Waals surface area contributed by atoms with Crippen molar-refractivity contribution in [3.63, 3.8) is 0 Å². The third-order valence-corrected chi connectivity index (χ3v) is 6.04. The molecular weight excluding hydrogens is 358 g/mol. The van der Waals surface area contributed by atoms with Gasteiger partial charge in [0.15, 0.2) is 5.69 Å². The highest BCUT2D eigenvalue weighted by Crippen LogP contribution is 2.39. The van der Waals surface area contributed by atoms with Gasteiger partial charge in [-0.25, -0.2) is 9.59 Å². The molecule has 148 valence electrons. The molecular formula is C21H25N3O4. The van der Waals surface area contributed by atoms with Gasteiger partial charge < -0.3 is 14.7 Å². The monoisotopic (exact) mass is 383 g/mol. The number of hydrogen-bond acceptors (Lipinski definition) is 4. The highest BCUT2D eigenvalue weighted by atomic mass is 16.5. The van der Waals surface area contributed by atoms with Gasteiger partial charge in [-0.2, -0.15) is 9.78 Å². The number of hydrogen-bond donors (Lipinski definition) is 1. The van der Waals surface area contributed by atoms with E-state index in [4.69, 9.17) is 9.84 Å². The summed E-state index contributed by atoms with van der Waals surface area (Å²) in [4.78, 5) is 25.3. The molecule has 1 N–H and O–H groups in total. The molecule has 1 aromatic carbocycles. The average Bonchev–Trinajstić information content (AvgIpc) is 3.36. The van der Waals surface area contributed by atoms with E-state index >= 15 is 0 Å². The zero-order chi connectivity index (χ0) is 19.8. The second kappa shape index (κ2) is 7.39. The number of fused-ring (bicyclic) bond motifs is 1. The maximum Gasteiger partial charge on any atom is 0.356 e. The molecule has 1 saturated carbocycles. The van der Waals surface area contributed by atoms with Crippen LogP contribution in [-0.4, -0.2) is 51.0 Å². The summed E-state index contributed by atoms with van der Waals surface area (Å²) in [5.74, 6) is -0.264. The Morgan fingerprint density at radius 3 is 2.46 bits per heavy atom. The molecule has 1 amide bonds. The van der Waals surface area contributed by atoms with Crippen LogP contribution in [0.25, 0.3) is 0 Å². The Bertz CT molecular complexity index is 893. The number of likely N-dealkylation sites (tertiary alicyclic amines) is 1. The fourth-order valence-corrected chi connectivity index (χ4v) is 4.33. The summed E-state index contributed by atoms with van der Waals surface area (Å²) in [6.07, 6.45) is 3.56. The van der Waals surface area contributed by atoms with E-state index in [2.05, 4.69) is 37.1 Å². The summed E-state index contributed by atoms with van der Waals surface area (Å²) >= 11 is 0. The maximum absolute atomic E-state index is 12.6. The highest BCUT2D eigenvalue weighted by Gasteiger charge is 2.43. The van der Waals surface area contributed by atoms with E-state index in [9.17, 15) is 9.59 Å². The summed E-state index contributed by atoms with van der Waals surface area (Å²) in [5.41, 5.74) is 3.65. The lowest BCUT2D eigenvalue weighted by molar-refractivity contribution is 0.0383. The Kier molecular flexibility index (Phi) is 4.93. The Hall–Kier alpha value is -2.67. The van der Waals surface area contributed by atoms with Crippen molar-refractivity contribution in [2.45, 2.75) is 39.4 Å². The van der Waals surface area contributed by atoms with Crippen molar-refractivity contribution in [3.8, 4) is 0 Å². The fourth-order valence-electron chi connectivity index (χ4n) is 4.33. The quantitative estimate of drug-likeness (QED) is 0.877. The molecule has 0 spiro atoms. The fraction of sp³-hybridized carbons (Fsp3) is 0.476. The Morgan fingerprint density at radius 1 is 1.14 bits per heavy atom. The Labute approximate surface area is 163 Å². The molecule has 1 aliphatic heterocycles. The van der Waals surface area contributed by atoms with E-state index in [1.165, 1.54) is 29.0 Å². The van der Waals surface area contributed by atoms with Crippen LogP contribution in [0.3, 0.4) is 0 Å². The third-order valence-electron chi connectivity index (χ3n) is 6.04. The van der Waals surface area contributed by atoms with Gasteiger partial charge in [0.25, 0.3) is 0 Å². The Morgan fingerprint density at radius 2 is 1.86 bits per heavy atom. The maximum atomic E-state index is 12.6. The second-order valence-corrected chi connectivity index (χ2v) is 7.98. The van der Waals surface area contributed by atoms with E-state index in [1.54, 1.807) is 4.90 Å². The van der Waals surface area contributed by atoms with Gasteiger partial charge in [-0.1, -0.05) is 18.2 Å². The average molecular weight is 383 g/mol. The number of carbonyl (C=O) groups excluding carboxylic acids is 1. The van der Waals surface area contributed by atoms with Crippen molar-refractivity contribution in [2.75, 3.05) is 13.1 Å². The number of ether oxygens (including phenoxy) is 1. The molecule has 0 radical (unpaired) electrons. The van der Waals surface area contributed by atoms with Crippen molar-refractivity contribution in [3.05, 3.63) is 52.8 Å². The molecule has 1 saturated heterocycles. The van der Waals surface area contributed by atoms with Gasteiger partial charge in [0.2, 0.25) is 0 Å². The molecule has 0 bridgehead atoms. The van der Waals surface area contributed by atoms with Crippen LogP contribution in [0.15, 0.2) is 30.5 Å². The number of aromatic nitrogens is 2. The van der Waals surface area contributed by atoms with Gasteiger partial charge in [-0.05, 0) is 61.3 Å². The first-order chi connectivity index (χ1) is 13.4. The SMILES string of the molecule is Cc1ccc(COC2C[C@@H]3CN(C(=O)n4ccc(C(=O)O)n4)C[C@@H]3C2)cc1C. The number of rotatable bonds is 4. The molecule has 1 aromatic heterocycles. The van der Waals surface area contributed by atoms with Crippen LogP contribution in [0.5, 0.6) is 0 Å². The van der Waals surface area contributed by atoms with Crippen molar-refractivity contribution in [1.82, 2.24) is 14.7 Å². The zero-order valence-electron chi connectivity index (χ0n) is 16.2. The van der Waals surface area contributed by atoms with Gasteiger partial charge in [0, 0.05) is 19.3 Å². The largest absolute Gasteiger partial charge is 0.476 e. The summed E-state index contributed by atoms with van der Waals surface area (Å²) in [6, 6.07) is 7.52. The Balaban J connectivity index is 1.29. The van der Waals surface area contributed by atoms with Crippen molar-refractivity contribution in [2.24, 2.45) is 11.8 Å². The first-order valence-corrected chi connectivity index (χ1v) is 9.66. The van der Waals surface area contributed by atoms with Gasteiger partial charge in [0.05, 0.1) is 12.7 Å². The molecule has 28 heavy (non-hydrogen) atoms. The van der Waals surface area contributed by atoms with E-state index in [1.807, 2.05) is 0 Å². The number of aromatic carboxylic acids is 1. The van der Waals surface area contributed by atoms with E-state index < -0.39 is 5.97 Å². The number of carbonyl (C=O) groups is 2. The molecule has 2 heterocycles. The van der Waals surface area contributed by atoms with Crippen LogP contribution in [0.1, 0.15) is 40.0 Å². The van der Waals surface area contributed by atoms with Gasteiger partial charge in [-0.3, -0.25) is 0 Å². The van der Waals surface area contributed by atoms with Crippen LogP contribution in [-0.2, 0) is 11.3 Å². The van der Waals surface area contributed by atoms with E-state index in [-0.39, 0.29) is 17.8 Å². The standard InChI is InChI=1S/C21H25N3O4/c1-13-3-4-15(7-14(13)2)12-28-18-8-16-10-23(11-17(16)9-18)21(27)24-6-5-19(22-24)20(25)26/h3-7,16-18H,8-12H2,1-2H3,(H,25,26)/t16-,17+,18?. The summed E-state index contributed by atoms with van der Waals surface area (Å²) in [6.45, 7) is 6.20. The second-order valence-electron chi connectivity index (χ2n) is 7.98. The van der Waals surface area contributed by atoms with Gasteiger partial charge >= 0.3 is 12.0 Å². The van der Waals surface area contributed by atoms with Gasteiger partial charge in [0.1, 0.15) is 0 Å². The van der Waals surface area contributed by atoms with Crippen LogP contribution in [0.4, 0.5) is 4.79 Å². The molecule has 2 aliphatic rings. The third kappa shape index (κ3) is 3.67. The number of aryl methyl sites for hydroxylation is 2. The molecule has 1 unspecified atom stereocenters. The van der Waals surface area contributed by atoms with Crippen molar-refractivity contribution in [1.29, 1.82) is 0 Å². The lowest BCUT2D eigenvalue weighted by atomic mass is 10.0. The van der Waals surface area contributed by atoms with Crippen molar-refractivity contribution >= 4 is 12.0 Å². The highest BCUT2D eigenvalue weighted by molar-refractivity contribution is 5.86. The minimum atomic E-state index is -1.13.